The third kappa shape index (κ3) is 8.13. The van der Waals surface area contributed by atoms with E-state index in [1.54, 1.807) is 0 Å². The smallest absolute Gasteiger partial charge is 0.184 e. The second kappa shape index (κ2) is 12.6. The minimum Gasteiger partial charge on any atom is -0.387 e. The highest BCUT2D eigenvalue weighted by Crippen LogP contribution is 2.19. The summed E-state index contributed by atoms with van der Waals surface area (Å²) >= 11 is 1.96. The molecule has 0 amide bonds. The van der Waals surface area contributed by atoms with Gasteiger partial charge in [-0.15, -0.1) is 0 Å². The van der Waals surface area contributed by atoms with Crippen LogP contribution in [0, 0.1) is 0 Å². The number of rotatable bonds is 13. The molecule has 1 aliphatic rings. The van der Waals surface area contributed by atoms with Crippen LogP contribution >= 0.6 is 11.8 Å². The van der Waals surface area contributed by atoms with Crippen molar-refractivity contribution in [3.63, 3.8) is 0 Å². The zero-order chi connectivity index (χ0) is 16.2. The molecule has 1 heterocycles. The maximum Gasteiger partial charge on any atom is 0.184 e. The Bertz CT molecular complexity index is 267. The number of hydrogen-bond donors (Lipinski definition) is 3. The average Bonchev–Trinajstić information content (AvgIpc) is 2.75. The van der Waals surface area contributed by atoms with Gasteiger partial charge < -0.3 is 24.8 Å². The first-order valence-electron chi connectivity index (χ1n) is 8.52. The molecule has 0 spiro atoms. The lowest BCUT2D eigenvalue weighted by Crippen LogP contribution is -2.34. The molecule has 4 atom stereocenters. The Labute approximate surface area is 138 Å². The quantitative estimate of drug-likeness (QED) is 0.446. The number of thioether (sulfide) groups is 1. The lowest BCUT2D eigenvalue weighted by atomic mass is 10.1. The van der Waals surface area contributed by atoms with Crippen molar-refractivity contribution in [2.75, 3.05) is 24.7 Å². The Morgan fingerprint density at radius 3 is 2.27 bits per heavy atom. The van der Waals surface area contributed by atoms with E-state index in [-0.39, 0.29) is 6.61 Å². The van der Waals surface area contributed by atoms with Crippen LogP contribution in [0.3, 0.4) is 0 Å². The topological polar surface area (TPSA) is 79.2 Å². The van der Waals surface area contributed by atoms with E-state index in [1.807, 2.05) is 11.8 Å². The van der Waals surface area contributed by atoms with Crippen molar-refractivity contribution in [3.05, 3.63) is 0 Å². The van der Waals surface area contributed by atoms with Crippen molar-refractivity contribution in [3.8, 4) is 0 Å². The van der Waals surface area contributed by atoms with Gasteiger partial charge >= 0.3 is 0 Å². The largest absolute Gasteiger partial charge is 0.387 e. The van der Waals surface area contributed by atoms with Crippen LogP contribution < -0.4 is 0 Å². The Morgan fingerprint density at radius 1 is 0.909 bits per heavy atom. The molecular weight excluding hydrogens is 304 g/mol. The summed E-state index contributed by atoms with van der Waals surface area (Å²) in [6, 6.07) is 0. The Kier molecular flexibility index (Phi) is 11.5. The minimum absolute atomic E-state index is 0.206. The second-order valence-corrected chi connectivity index (χ2v) is 7.08. The summed E-state index contributed by atoms with van der Waals surface area (Å²) in [5, 5.41) is 28.2. The molecule has 132 valence electrons. The fourth-order valence-electron chi connectivity index (χ4n) is 2.42. The highest BCUT2D eigenvalue weighted by atomic mass is 32.2. The van der Waals surface area contributed by atoms with Gasteiger partial charge in [0, 0.05) is 6.61 Å². The van der Waals surface area contributed by atoms with Gasteiger partial charge in [0.1, 0.15) is 18.3 Å². The van der Waals surface area contributed by atoms with Gasteiger partial charge in [-0.25, -0.2) is 0 Å². The molecular formula is C16H32O5S. The van der Waals surface area contributed by atoms with Gasteiger partial charge in [-0.3, -0.25) is 0 Å². The molecule has 0 bridgehead atoms. The molecule has 1 rings (SSSR count). The summed E-state index contributed by atoms with van der Waals surface area (Å²) in [7, 11) is 0. The first-order chi connectivity index (χ1) is 10.7. The van der Waals surface area contributed by atoms with Crippen molar-refractivity contribution < 1.29 is 24.8 Å². The van der Waals surface area contributed by atoms with Crippen LogP contribution in [0.5, 0.6) is 0 Å². The summed E-state index contributed by atoms with van der Waals surface area (Å²) in [4.78, 5) is 0. The highest BCUT2D eigenvalue weighted by molar-refractivity contribution is 7.99. The predicted molar refractivity (Wildman–Crippen MR) is 89.0 cm³/mol. The van der Waals surface area contributed by atoms with E-state index in [4.69, 9.17) is 9.47 Å². The Morgan fingerprint density at radius 2 is 1.59 bits per heavy atom. The van der Waals surface area contributed by atoms with E-state index in [2.05, 4.69) is 6.92 Å². The van der Waals surface area contributed by atoms with Crippen molar-refractivity contribution in [2.45, 2.75) is 76.5 Å². The van der Waals surface area contributed by atoms with Crippen molar-refractivity contribution >= 4 is 11.8 Å². The molecule has 0 saturated carbocycles. The second-order valence-electron chi connectivity index (χ2n) is 5.85. The van der Waals surface area contributed by atoms with Crippen LogP contribution in [0.2, 0.25) is 0 Å². The first kappa shape index (κ1) is 20.2. The van der Waals surface area contributed by atoms with Crippen LogP contribution in [0.15, 0.2) is 0 Å². The molecule has 0 aromatic carbocycles. The standard InChI is InChI=1S/C16H32O5S/c1-2-3-4-5-6-7-10-22-11-8-9-20-12-13-14(17)15(18)16(19)21-13/h13-19H,2-12H2,1H3/t13-,14+,15-,16?/m1/s1. The molecule has 0 aliphatic carbocycles. The Balaban J connectivity index is 1.82. The maximum atomic E-state index is 9.59. The number of aliphatic hydroxyl groups excluding tert-OH is 3. The number of ether oxygens (including phenoxy) is 2. The van der Waals surface area contributed by atoms with Gasteiger partial charge in [0.25, 0.3) is 0 Å². The summed E-state index contributed by atoms with van der Waals surface area (Å²) in [6.45, 7) is 3.06. The molecule has 0 aromatic rings. The van der Waals surface area contributed by atoms with Crippen molar-refractivity contribution in [1.82, 2.24) is 0 Å². The monoisotopic (exact) mass is 336 g/mol. The molecule has 22 heavy (non-hydrogen) atoms. The van der Waals surface area contributed by atoms with E-state index < -0.39 is 24.6 Å². The number of aliphatic hydroxyl groups is 3. The fourth-order valence-corrected chi connectivity index (χ4v) is 3.35. The van der Waals surface area contributed by atoms with Gasteiger partial charge in [-0.05, 0) is 24.3 Å². The predicted octanol–water partition coefficient (Wildman–Crippen LogP) is 1.93. The minimum atomic E-state index is -1.31. The number of hydrogen-bond acceptors (Lipinski definition) is 6. The maximum absolute atomic E-state index is 9.59. The molecule has 1 saturated heterocycles. The van der Waals surface area contributed by atoms with E-state index in [0.717, 1.165) is 12.2 Å². The molecule has 1 fully saturated rings. The van der Waals surface area contributed by atoms with Crippen LogP contribution in [0.1, 0.15) is 51.9 Å². The summed E-state index contributed by atoms with van der Waals surface area (Å²) in [5.41, 5.74) is 0. The summed E-state index contributed by atoms with van der Waals surface area (Å²) < 4.78 is 10.4. The third-order valence-corrected chi connectivity index (χ3v) is 4.99. The average molecular weight is 336 g/mol. The van der Waals surface area contributed by atoms with Crippen LogP contribution in [0.4, 0.5) is 0 Å². The summed E-state index contributed by atoms with van der Waals surface area (Å²) in [6.07, 6.45) is 4.74. The van der Waals surface area contributed by atoms with Crippen LogP contribution in [-0.4, -0.2) is 64.6 Å². The van der Waals surface area contributed by atoms with Crippen molar-refractivity contribution in [1.29, 1.82) is 0 Å². The first-order valence-corrected chi connectivity index (χ1v) is 9.67. The zero-order valence-electron chi connectivity index (χ0n) is 13.7. The normalized spacial score (nSPS) is 28.4. The van der Waals surface area contributed by atoms with E-state index >= 15 is 0 Å². The summed E-state index contributed by atoms with van der Waals surface area (Å²) in [5.74, 6) is 2.29. The van der Waals surface area contributed by atoms with Gasteiger partial charge in [0.2, 0.25) is 0 Å². The van der Waals surface area contributed by atoms with E-state index in [0.29, 0.717) is 6.61 Å². The molecule has 3 N–H and O–H groups in total. The molecule has 1 unspecified atom stereocenters. The molecule has 1 aliphatic heterocycles. The van der Waals surface area contributed by atoms with E-state index in [9.17, 15) is 15.3 Å². The zero-order valence-corrected chi connectivity index (χ0v) is 14.5. The lowest BCUT2D eigenvalue weighted by molar-refractivity contribution is -0.136. The molecule has 6 heteroatoms. The highest BCUT2D eigenvalue weighted by Gasteiger charge is 2.41. The molecule has 5 nitrogen and oxygen atoms in total. The third-order valence-electron chi connectivity index (χ3n) is 3.84. The number of unbranched alkanes of at least 4 members (excludes halogenated alkanes) is 5. The molecule has 0 radical (unpaired) electrons. The SMILES string of the molecule is CCCCCCCCSCCCOC[C@H]1OC(O)[C@H](O)[C@H]1O. The Hall–Kier alpha value is 0.150. The van der Waals surface area contributed by atoms with Gasteiger partial charge in [-0.1, -0.05) is 39.0 Å². The van der Waals surface area contributed by atoms with Crippen LogP contribution in [0.25, 0.3) is 0 Å². The van der Waals surface area contributed by atoms with Crippen molar-refractivity contribution in [2.24, 2.45) is 0 Å². The lowest BCUT2D eigenvalue weighted by Gasteiger charge is -2.14. The fraction of sp³-hybridized carbons (Fsp3) is 1.00. The van der Waals surface area contributed by atoms with Crippen LogP contribution in [-0.2, 0) is 9.47 Å². The molecule has 0 aromatic heterocycles. The van der Waals surface area contributed by atoms with Gasteiger partial charge in [-0.2, -0.15) is 11.8 Å². The van der Waals surface area contributed by atoms with Gasteiger partial charge in [0.15, 0.2) is 6.29 Å². The van der Waals surface area contributed by atoms with Gasteiger partial charge in [0.05, 0.1) is 6.61 Å². The van der Waals surface area contributed by atoms with E-state index in [1.165, 1.54) is 44.3 Å².